The SMILES string of the molecule is CC(C)(C)[Si](C)(C)O[C@@H]1[C@H](O)[C@@H](O)[C@H](CO)C[C@H]1O[Si](C)(C)C(C)(C)C. The Morgan fingerprint density at radius 2 is 1.23 bits per heavy atom. The number of hydrogen-bond acceptors (Lipinski definition) is 5. The van der Waals surface area contributed by atoms with Crippen LogP contribution in [0.25, 0.3) is 0 Å². The molecule has 5 nitrogen and oxygen atoms in total. The van der Waals surface area contributed by atoms with Crippen molar-refractivity contribution in [3.63, 3.8) is 0 Å². The first-order valence-electron chi connectivity index (χ1n) is 9.77. The summed E-state index contributed by atoms with van der Waals surface area (Å²) in [6, 6.07) is 0. The highest BCUT2D eigenvalue weighted by Crippen LogP contribution is 2.43. The fourth-order valence-electron chi connectivity index (χ4n) is 2.78. The number of aliphatic hydroxyl groups is 3. The van der Waals surface area contributed by atoms with Crippen LogP contribution in [-0.4, -0.2) is 63.0 Å². The minimum absolute atomic E-state index is 0.00692. The normalized spacial score (nSPS) is 32.0. The second kappa shape index (κ2) is 7.93. The van der Waals surface area contributed by atoms with E-state index in [0.29, 0.717) is 6.42 Å². The van der Waals surface area contributed by atoms with E-state index in [0.717, 1.165) is 0 Å². The Morgan fingerprint density at radius 1 is 0.808 bits per heavy atom. The maximum Gasteiger partial charge on any atom is 0.192 e. The molecular formula is C19H42O5Si2. The third-order valence-corrected chi connectivity index (χ3v) is 15.8. The first-order valence-corrected chi connectivity index (χ1v) is 15.6. The van der Waals surface area contributed by atoms with Gasteiger partial charge in [0.1, 0.15) is 6.10 Å². The van der Waals surface area contributed by atoms with Gasteiger partial charge in [0.25, 0.3) is 0 Å². The molecule has 5 atom stereocenters. The van der Waals surface area contributed by atoms with Gasteiger partial charge in [-0.3, -0.25) is 0 Å². The zero-order chi connectivity index (χ0) is 20.7. The Bertz CT molecular complexity index is 468. The first kappa shape index (κ1) is 24.3. The lowest BCUT2D eigenvalue weighted by molar-refractivity contribution is -0.154. The van der Waals surface area contributed by atoms with Crippen LogP contribution in [0.3, 0.4) is 0 Å². The molecule has 0 bridgehead atoms. The van der Waals surface area contributed by atoms with Crippen LogP contribution in [0.15, 0.2) is 0 Å². The molecule has 0 aromatic carbocycles. The summed E-state index contributed by atoms with van der Waals surface area (Å²) in [7, 11) is -4.25. The van der Waals surface area contributed by atoms with Gasteiger partial charge >= 0.3 is 0 Å². The molecular weight excluding hydrogens is 364 g/mol. The minimum Gasteiger partial charge on any atom is -0.411 e. The van der Waals surface area contributed by atoms with Crippen LogP contribution in [0, 0.1) is 5.92 Å². The van der Waals surface area contributed by atoms with Crippen LogP contribution in [0.1, 0.15) is 48.0 Å². The Labute approximate surface area is 162 Å². The van der Waals surface area contributed by atoms with E-state index in [1.54, 1.807) is 0 Å². The van der Waals surface area contributed by atoms with E-state index in [2.05, 4.69) is 67.7 Å². The van der Waals surface area contributed by atoms with E-state index in [4.69, 9.17) is 8.85 Å². The molecule has 0 unspecified atom stereocenters. The van der Waals surface area contributed by atoms with E-state index in [9.17, 15) is 15.3 Å². The van der Waals surface area contributed by atoms with Crippen molar-refractivity contribution in [1.82, 2.24) is 0 Å². The van der Waals surface area contributed by atoms with Gasteiger partial charge in [-0.25, -0.2) is 0 Å². The van der Waals surface area contributed by atoms with Crippen molar-refractivity contribution in [3.8, 4) is 0 Å². The Kier molecular flexibility index (Phi) is 7.40. The molecule has 0 aliphatic heterocycles. The maximum atomic E-state index is 10.8. The molecule has 3 N–H and O–H groups in total. The highest BCUT2D eigenvalue weighted by Gasteiger charge is 2.51. The summed E-state index contributed by atoms with van der Waals surface area (Å²) in [5, 5.41) is 31.0. The first-order chi connectivity index (χ1) is 11.4. The topological polar surface area (TPSA) is 79.2 Å². The lowest BCUT2D eigenvalue weighted by atomic mass is 9.81. The van der Waals surface area contributed by atoms with Crippen LogP contribution in [0.2, 0.25) is 36.3 Å². The van der Waals surface area contributed by atoms with Crippen LogP contribution in [0.4, 0.5) is 0 Å². The van der Waals surface area contributed by atoms with Crippen LogP contribution >= 0.6 is 0 Å². The third kappa shape index (κ3) is 5.18. The largest absolute Gasteiger partial charge is 0.411 e. The lowest BCUT2D eigenvalue weighted by Gasteiger charge is -2.50. The van der Waals surface area contributed by atoms with Gasteiger partial charge < -0.3 is 24.2 Å². The van der Waals surface area contributed by atoms with Gasteiger partial charge in [0.15, 0.2) is 16.6 Å². The molecule has 0 heterocycles. The Morgan fingerprint density at radius 3 is 1.62 bits per heavy atom. The standard InChI is InChI=1S/C19H42O5Si2/c1-18(2,3)25(7,8)23-14-11-13(12-20)15(21)16(22)17(14)24-26(9,10)19(4,5)6/h13-17,20-22H,11-12H2,1-10H3/t13-,14+,15-,16+,17-/m0/s1. The molecule has 0 saturated heterocycles. The summed E-state index contributed by atoms with van der Waals surface area (Å²) in [6.07, 6.45) is -2.43. The molecule has 26 heavy (non-hydrogen) atoms. The highest BCUT2D eigenvalue weighted by molar-refractivity contribution is 6.74. The molecule has 0 aromatic heterocycles. The van der Waals surface area contributed by atoms with E-state index < -0.39 is 34.9 Å². The third-order valence-electron chi connectivity index (χ3n) is 6.79. The van der Waals surface area contributed by atoms with E-state index in [1.807, 2.05) is 0 Å². The molecule has 0 radical (unpaired) electrons. The van der Waals surface area contributed by atoms with Crippen molar-refractivity contribution in [2.75, 3.05) is 6.61 Å². The van der Waals surface area contributed by atoms with E-state index in [1.165, 1.54) is 0 Å². The summed E-state index contributed by atoms with van der Waals surface area (Å²) in [4.78, 5) is 0. The molecule has 0 spiro atoms. The molecule has 156 valence electrons. The molecule has 1 fully saturated rings. The van der Waals surface area contributed by atoms with E-state index in [-0.39, 0.29) is 28.7 Å². The second-order valence-corrected chi connectivity index (χ2v) is 20.4. The van der Waals surface area contributed by atoms with Gasteiger partial charge in [0, 0.05) is 12.5 Å². The predicted octanol–water partition coefficient (Wildman–Crippen LogP) is 3.50. The number of rotatable bonds is 5. The summed E-state index contributed by atoms with van der Waals surface area (Å²) < 4.78 is 13.2. The van der Waals surface area contributed by atoms with Crippen molar-refractivity contribution in [2.45, 2.75) is 109 Å². The molecule has 1 rings (SSSR count). The molecule has 1 saturated carbocycles. The van der Waals surface area contributed by atoms with Crippen LogP contribution < -0.4 is 0 Å². The molecule has 1 aliphatic carbocycles. The lowest BCUT2D eigenvalue weighted by Crippen LogP contribution is -2.62. The second-order valence-electron chi connectivity index (χ2n) is 10.9. The van der Waals surface area contributed by atoms with Crippen LogP contribution in [0.5, 0.6) is 0 Å². The Balaban J connectivity index is 3.19. The van der Waals surface area contributed by atoms with E-state index >= 15 is 0 Å². The Hall–Kier alpha value is 0.234. The fourth-order valence-corrected chi connectivity index (χ4v) is 5.45. The maximum absolute atomic E-state index is 10.8. The minimum atomic E-state index is -2.16. The van der Waals surface area contributed by atoms with Gasteiger partial charge in [0.2, 0.25) is 0 Å². The monoisotopic (exact) mass is 406 g/mol. The molecule has 7 heteroatoms. The summed E-state index contributed by atoms with van der Waals surface area (Å²) in [5.74, 6) is -0.390. The summed E-state index contributed by atoms with van der Waals surface area (Å²) in [5.41, 5.74) is 0. The number of aliphatic hydroxyl groups excluding tert-OH is 3. The highest BCUT2D eigenvalue weighted by atomic mass is 28.4. The summed E-state index contributed by atoms with van der Waals surface area (Å²) >= 11 is 0. The predicted molar refractivity (Wildman–Crippen MR) is 111 cm³/mol. The van der Waals surface area contributed by atoms with Crippen LogP contribution in [-0.2, 0) is 8.85 Å². The van der Waals surface area contributed by atoms with Gasteiger partial charge in [-0.15, -0.1) is 0 Å². The van der Waals surface area contributed by atoms with Gasteiger partial charge in [-0.2, -0.15) is 0 Å². The fraction of sp³-hybridized carbons (Fsp3) is 1.00. The quantitative estimate of drug-likeness (QED) is 0.609. The van der Waals surface area contributed by atoms with Crippen molar-refractivity contribution in [3.05, 3.63) is 0 Å². The number of hydrogen-bond donors (Lipinski definition) is 3. The molecule has 0 amide bonds. The van der Waals surface area contributed by atoms with Crippen molar-refractivity contribution in [2.24, 2.45) is 5.92 Å². The zero-order valence-electron chi connectivity index (χ0n) is 18.5. The van der Waals surface area contributed by atoms with Crippen molar-refractivity contribution >= 4 is 16.6 Å². The smallest absolute Gasteiger partial charge is 0.192 e. The molecule has 0 aromatic rings. The average Bonchev–Trinajstić information content (AvgIpc) is 2.44. The van der Waals surface area contributed by atoms with Gasteiger partial charge in [0.05, 0.1) is 18.3 Å². The average molecular weight is 407 g/mol. The van der Waals surface area contributed by atoms with Gasteiger partial charge in [-0.1, -0.05) is 41.5 Å². The van der Waals surface area contributed by atoms with Gasteiger partial charge in [-0.05, 0) is 42.7 Å². The summed E-state index contributed by atoms with van der Waals surface area (Å²) in [6.45, 7) is 21.5. The molecule has 1 aliphatic rings. The van der Waals surface area contributed by atoms with Crippen molar-refractivity contribution in [1.29, 1.82) is 0 Å². The van der Waals surface area contributed by atoms with Crippen molar-refractivity contribution < 1.29 is 24.2 Å². The zero-order valence-corrected chi connectivity index (χ0v) is 20.5.